The fourth-order valence-corrected chi connectivity index (χ4v) is 4.90. The predicted octanol–water partition coefficient (Wildman–Crippen LogP) is 7.67. The number of aryl methyl sites for hydroxylation is 3. The number of rotatable bonds is 10. The molecule has 0 aliphatic carbocycles. The highest BCUT2D eigenvalue weighted by Crippen LogP contribution is 2.27. The minimum absolute atomic E-state index is 0.0420. The van der Waals surface area contributed by atoms with Gasteiger partial charge in [0.1, 0.15) is 23.8 Å². The van der Waals surface area contributed by atoms with Gasteiger partial charge in [0.2, 0.25) is 0 Å². The number of benzene rings is 2. The first-order valence-corrected chi connectivity index (χ1v) is 13.6. The van der Waals surface area contributed by atoms with Crippen molar-refractivity contribution in [2.75, 3.05) is 11.9 Å². The molecule has 0 aromatic heterocycles. The van der Waals surface area contributed by atoms with Gasteiger partial charge in [0.05, 0.1) is 6.04 Å². The molecular weight excluding hydrogens is 460 g/mol. The SMILES string of the molecule is CCCCCCC(Cc1ccc(C(C)(C)C)cc1)N=C(Nc1c(C)cc(C)cc1C)C1=C(O)COC1=O. The van der Waals surface area contributed by atoms with Gasteiger partial charge in [-0.15, -0.1) is 0 Å². The fourth-order valence-electron chi connectivity index (χ4n) is 4.90. The minimum Gasteiger partial charge on any atom is -0.508 e. The molecule has 1 atom stereocenters. The Morgan fingerprint density at radius 3 is 2.24 bits per heavy atom. The molecule has 0 spiro atoms. The van der Waals surface area contributed by atoms with Gasteiger partial charge >= 0.3 is 5.97 Å². The van der Waals surface area contributed by atoms with E-state index >= 15 is 0 Å². The lowest BCUT2D eigenvalue weighted by atomic mass is 9.86. The van der Waals surface area contributed by atoms with Crippen LogP contribution in [0.4, 0.5) is 5.69 Å². The number of amidine groups is 1. The number of hydrogen-bond acceptors (Lipinski definition) is 4. The lowest BCUT2D eigenvalue weighted by Gasteiger charge is -2.21. The molecule has 5 nitrogen and oxygen atoms in total. The Kier molecular flexibility index (Phi) is 9.58. The molecule has 0 radical (unpaired) electrons. The van der Waals surface area contributed by atoms with E-state index in [1.54, 1.807) is 0 Å². The zero-order chi connectivity index (χ0) is 27.2. The van der Waals surface area contributed by atoms with Gasteiger partial charge in [-0.1, -0.05) is 95.3 Å². The molecule has 1 aliphatic heterocycles. The Labute approximate surface area is 223 Å². The number of carbonyl (C=O) groups excluding carboxylic acids is 1. The second-order valence-electron chi connectivity index (χ2n) is 11.4. The van der Waals surface area contributed by atoms with Crippen molar-refractivity contribution in [2.24, 2.45) is 4.99 Å². The first-order chi connectivity index (χ1) is 17.5. The molecule has 1 aliphatic rings. The molecule has 1 heterocycles. The van der Waals surface area contributed by atoms with E-state index in [0.717, 1.165) is 42.5 Å². The van der Waals surface area contributed by atoms with Crippen LogP contribution < -0.4 is 5.32 Å². The maximum atomic E-state index is 12.6. The molecular formula is C32H44N2O3. The zero-order valence-corrected chi connectivity index (χ0v) is 23.7. The highest BCUT2D eigenvalue weighted by atomic mass is 16.5. The third-order valence-corrected chi connectivity index (χ3v) is 6.98. The molecule has 2 aromatic carbocycles. The first-order valence-electron chi connectivity index (χ1n) is 13.6. The van der Waals surface area contributed by atoms with E-state index < -0.39 is 5.97 Å². The van der Waals surface area contributed by atoms with Crippen molar-refractivity contribution in [2.45, 2.75) is 98.4 Å². The number of nitrogens with zero attached hydrogens (tertiary/aromatic N) is 1. The molecule has 2 N–H and O–H groups in total. The summed E-state index contributed by atoms with van der Waals surface area (Å²) in [5, 5.41) is 14.0. The van der Waals surface area contributed by atoms with Crippen molar-refractivity contribution >= 4 is 17.5 Å². The van der Waals surface area contributed by atoms with Gasteiger partial charge in [-0.3, -0.25) is 4.99 Å². The molecule has 0 saturated carbocycles. The molecule has 0 saturated heterocycles. The van der Waals surface area contributed by atoms with Crippen LogP contribution in [0.15, 0.2) is 52.7 Å². The van der Waals surface area contributed by atoms with E-state index in [1.807, 2.05) is 13.8 Å². The van der Waals surface area contributed by atoms with Gasteiger partial charge in [-0.05, 0) is 61.3 Å². The molecule has 0 bridgehead atoms. The van der Waals surface area contributed by atoms with Crippen LogP contribution in [0, 0.1) is 20.8 Å². The molecule has 2 aromatic rings. The van der Waals surface area contributed by atoms with Crippen molar-refractivity contribution in [3.05, 3.63) is 75.5 Å². The summed E-state index contributed by atoms with van der Waals surface area (Å²) < 4.78 is 5.15. The number of aliphatic hydroxyl groups excluding tert-OH is 1. The number of nitrogens with one attached hydrogen (secondary N) is 1. The zero-order valence-electron chi connectivity index (χ0n) is 23.7. The van der Waals surface area contributed by atoms with Crippen molar-refractivity contribution in [1.29, 1.82) is 0 Å². The number of unbranched alkanes of at least 4 members (excludes halogenated alkanes) is 3. The summed E-state index contributed by atoms with van der Waals surface area (Å²) in [6, 6.07) is 13.0. The summed E-state index contributed by atoms with van der Waals surface area (Å²) in [7, 11) is 0. The summed E-state index contributed by atoms with van der Waals surface area (Å²) in [6.45, 7) is 14.9. The van der Waals surface area contributed by atoms with E-state index in [0.29, 0.717) is 5.84 Å². The predicted molar refractivity (Wildman–Crippen MR) is 154 cm³/mol. The van der Waals surface area contributed by atoms with Gasteiger partial charge in [-0.25, -0.2) is 4.79 Å². The van der Waals surface area contributed by atoms with Crippen LogP contribution in [0.2, 0.25) is 0 Å². The average Bonchev–Trinajstić information content (AvgIpc) is 3.15. The largest absolute Gasteiger partial charge is 0.508 e. The molecule has 200 valence electrons. The molecule has 1 unspecified atom stereocenters. The monoisotopic (exact) mass is 504 g/mol. The van der Waals surface area contributed by atoms with Crippen LogP contribution >= 0.6 is 0 Å². The summed E-state index contributed by atoms with van der Waals surface area (Å²) in [5.74, 6) is -0.217. The van der Waals surface area contributed by atoms with E-state index in [4.69, 9.17) is 9.73 Å². The molecule has 5 heteroatoms. The smallest absolute Gasteiger partial charge is 0.345 e. The van der Waals surface area contributed by atoms with Gasteiger partial charge in [0.25, 0.3) is 0 Å². The number of hydrogen-bond donors (Lipinski definition) is 2. The van der Waals surface area contributed by atoms with E-state index in [1.165, 1.54) is 29.5 Å². The number of ether oxygens (including phenoxy) is 1. The molecule has 0 amide bonds. The normalized spacial score (nSPS) is 15.2. The number of carbonyl (C=O) groups is 1. The standard InChI is InChI=1S/C32H44N2O3/c1-8-9-10-11-12-26(19-24-13-15-25(16-14-24)32(5,6)7)33-30(28-27(35)20-37-31(28)36)34-29-22(3)17-21(2)18-23(29)4/h13-18,26,35H,8-12,19-20H2,1-7H3,(H,33,34). The summed E-state index contributed by atoms with van der Waals surface area (Å²) in [4.78, 5) is 17.8. The van der Waals surface area contributed by atoms with Crippen LogP contribution in [-0.4, -0.2) is 29.6 Å². The maximum absolute atomic E-state index is 12.6. The number of cyclic esters (lactones) is 1. The van der Waals surface area contributed by atoms with Gasteiger partial charge in [-0.2, -0.15) is 0 Å². The third kappa shape index (κ3) is 7.70. The van der Waals surface area contributed by atoms with Crippen molar-refractivity contribution < 1.29 is 14.6 Å². The van der Waals surface area contributed by atoms with Crippen molar-refractivity contribution in [3.63, 3.8) is 0 Å². The Morgan fingerprint density at radius 2 is 1.70 bits per heavy atom. The number of aliphatic imine (C=N–C) groups is 1. The van der Waals surface area contributed by atoms with E-state index in [9.17, 15) is 9.90 Å². The van der Waals surface area contributed by atoms with Crippen LogP contribution in [0.1, 0.15) is 87.6 Å². The Bertz CT molecular complexity index is 1130. The number of anilines is 1. The van der Waals surface area contributed by atoms with E-state index in [2.05, 4.69) is 76.3 Å². The second kappa shape index (κ2) is 12.4. The summed E-state index contributed by atoms with van der Waals surface area (Å²) >= 11 is 0. The highest BCUT2D eigenvalue weighted by Gasteiger charge is 2.31. The Morgan fingerprint density at radius 1 is 1.05 bits per heavy atom. The molecule has 0 fully saturated rings. The third-order valence-electron chi connectivity index (χ3n) is 6.98. The van der Waals surface area contributed by atoms with Crippen molar-refractivity contribution in [3.8, 4) is 0 Å². The number of esters is 1. The topological polar surface area (TPSA) is 70.9 Å². The van der Waals surface area contributed by atoms with Crippen LogP contribution in [0.3, 0.4) is 0 Å². The minimum atomic E-state index is -0.537. The van der Waals surface area contributed by atoms with Crippen LogP contribution in [0.5, 0.6) is 0 Å². The molecule has 3 rings (SSSR count). The van der Waals surface area contributed by atoms with E-state index in [-0.39, 0.29) is 29.4 Å². The van der Waals surface area contributed by atoms with Crippen LogP contribution in [-0.2, 0) is 21.4 Å². The maximum Gasteiger partial charge on any atom is 0.345 e. The summed E-state index contributed by atoms with van der Waals surface area (Å²) in [6.07, 6.45) is 6.25. The highest BCUT2D eigenvalue weighted by molar-refractivity contribution is 6.25. The Balaban J connectivity index is 1.99. The number of aliphatic hydroxyl groups is 1. The summed E-state index contributed by atoms with van der Waals surface area (Å²) in [5.41, 5.74) is 6.97. The van der Waals surface area contributed by atoms with Crippen LogP contribution in [0.25, 0.3) is 0 Å². The average molecular weight is 505 g/mol. The van der Waals surface area contributed by atoms with Crippen molar-refractivity contribution in [1.82, 2.24) is 0 Å². The lowest BCUT2D eigenvalue weighted by molar-refractivity contribution is -0.135. The van der Waals surface area contributed by atoms with Gasteiger partial charge < -0.3 is 15.2 Å². The van der Waals surface area contributed by atoms with Gasteiger partial charge in [0, 0.05) is 5.69 Å². The molecule has 37 heavy (non-hydrogen) atoms. The lowest BCUT2D eigenvalue weighted by Crippen LogP contribution is -2.25. The fraction of sp³-hybridized carbons (Fsp3) is 0.500. The second-order valence-corrected chi connectivity index (χ2v) is 11.4. The quantitative estimate of drug-likeness (QED) is 0.151. The Hall–Kier alpha value is -3.08. The first kappa shape index (κ1) is 28.5. The van der Waals surface area contributed by atoms with Gasteiger partial charge in [0.15, 0.2) is 0 Å².